The number of aryl methyl sites for hydroxylation is 1. The third-order valence-corrected chi connectivity index (χ3v) is 15.7. The Bertz CT molecular complexity index is 3630. The number of hydrogen-bond donors (Lipinski definition) is 0. The Kier molecular flexibility index (Phi) is 9.53. The van der Waals surface area contributed by atoms with E-state index in [0.29, 0.717) is 13.2 Å². The number of anilines is 6. The second kappa shape index (κ2) is 15.5. The predicted octanol–water partition coefficient (Wildman–Crippen LogP) is 15.2. The standard InChI is InChI=1S/C65H59BN2O3/c1-39-29-56-62-57(30-39)68(47-32-42(31-43(33-47)59-35-41-15-10-13-18-58(41)71-59)40-19-25-49-48-16-11-12-17-50(48)65(8,9)51(49)34-40)54-26-22-45(64(5,6)7)36-52(54)66(62)53-37-60-61(70-28-14-27-69-60)38-55(53)67(56)46-23-20-44(21-24-46)63(2,3)4/h10-13,15-26,29-38H,14,27-28H2,1-9H3. The molecule has 0 fully saturated rings. The first-order valence-electron chi connectivity index (χ1n) is 25.4. The zero-order valence-electron chi connectivity index (χ0n) is 42.3. The first-order valence-corrected chi connectivity index (χ1v) is 25.4. The van der Waals surface area contributed by atoms with E-state index in [0.717, 1.165) is 74.2 Å². The van der Waals surface area contributed by atoms with Crippen LogP contribution in [0.25, 0.3) is 44.5 Å². The monoisotopic (exact) mass is 926 g/mol. The van der Waals surface area contributed by atoms with Crippen LogP contribution in [0.1, 0.15) is 89.6 Å². The second-order valence-corrected chi connectivity index (χ2v) is 22.9. The summed E-state index contributed by atoms with van der Waals surface area (Å²) in [5.74, 6) is 2.44. The van der Waals surface area contributed by atoms with E-state index >= 15 is 0 Å². The molecule has 0 N–H and O–H groups in total. The molecule has 5 nitrogen and oxygen atoms in total. The van der Waals surface area contributed by atoms with E-state index in [4.69, 9.17) is 13.9 Å². The fourth-order valence-electron chi connectivity index (χ4n) is 12.0. The minimum absolute atomic E-state index is 0.0141. The predicted molar refractivity (Wildman–Crippen MR) is 296 cm³/mol. The Morgan fingerprint density at radius 2 is 1.15 bits per heavy atom. The smallest absolute Gasteiger partial charge is 0.252 e. The minimum Gasteiger partial charge on any atom is -0.490 e. The van der Waals surface area contributed by atoms with Gasteiger partial charge in [0.2, 0.25) is 0 Å². The summed E-state index contributed by atoms with van der Waals surface area (Å²) < 4.78 is 19.8. The third kappa shape index (κ3) is 6.89. The molecule has 4 heterocycles. The van der Waals surface area contributed by atoms with E-state index in [-0.39, 0.29) is 23.0 Å². The van der Waals surface area contributed by atoms with Gasteiger partial charge in [-0.15, -0.1) is 0 Å². The van der Waals surface area contributed by atoms with Crippen LogP contribution in [-0.4, -0.2) is 19.9 Å². The number of furan rings is 1. The van der Waals surface area contributed by atoms with E-state index in [1.807, 2.05) is 6.07 Å². The van der Waals surface area contributed by atoms with E-state index in [9.17, 15) is 0 Å². The molecule has 0 radical (unpaired) electrons. The molecule has 9 aromatic rings. The maximum Gasteiger partial charge on any atom is 0.252 e. The van der Waals surface area contributed by atoms with E-state index in [1.165, 1.54) is 66.6 Å². The first kappa shape index (κ1) is 43.6. The van der Waals surface area contributed by atoms with Gasteiger partial charge in [-0.3, -0.25) is 0 Å². The van der Waals surface area contributed by atoms with Crippen molar-refractivity contribution in [1.82, 2.24) is 0 Å². The van der Waals surface area contributed by atoms with Gasteiger partial charge in [0.05, 0.1) is 13.2 Å². The summed E-state index contributed by atoms with van der Waals surface area (Å²) in [6.45, 7) is 21.9. The quantitative estimate of drug-likeness (QED) is 0.164. The van der Waals surface area contributed by atoms with Crippen molar-refractivity contribution in [3.05, 3.63) is 186 Å². The molecule has 1 aliphatic carbocycles. The Morgan fingerprint density at radius 3 is 1.90 bits per heavy atom. The molecule has 0 amide bonds. The summed E-state index contributed by atoms with van der Waals surface area (Å²) in [5, 5.41) is 1.08. The van der Waals surface area contributed by atoms with E-state index in [1.54, 1.807) is 0 Å². The van der Waals surface area contributed by atoms with Crippen molar-refractivity contribution in [2.24, 2.45) is 0 Å². The molecule has 8 aromatic carbocycles. The van der Waals surface area contributed by atoms with Gasteiger partial charge < -0.3 is 23.7 Å². The van der Waals surface area contributed by atoms with Gasteiger partial charge in [-0.1, -0.05) is 134 Å². The lowest BCUT2D eigenvalue weighted by atomic mass is 9.33. The van der Waals surface area contributed by atoms with Gasteiger partial charge in [-0.25, -0.2) is 0 Å². The van der Waals surface area contributed by atoms with Gasteiger partial charge in [0, 0.05) is 63.0 Å². The van der Waals surface area contributed by atoms with Crippen molar-refractivity contribution in [2.75, 3.05) is 23.0 Å². The number of nitrogens with zero attached hydrogens (tertiary/aromatic N) is 2. The van der Waals surface area contributed by atoms with Crippen molar-refractivity contribution in [1.29, 1.82) is 0 Å². The zero-order valence-corrected chi connectivity index (χ0v) is 42.3. The Balaban J connectivity index is 1.09. The molecule has 3 aliphatic heterocycles. The topological polar surface area (TPSA) is 38.1 Å². The molecule has 13 rings (SSSR count). The van der Waals surface area contributed by atoms with Crippen LogP contribution in [0.4, 0.5) is 34.1 Å². The van der Waals surface area contributed by atoms with Gasteiger partial charge in [-0.05, 0) is 157 Å². The summed E-state index contributed by atoms with van der Waals surface area (Å²) in [6, 6.07) is 59.3. The average Bonchev–Trinajstić information content (AvgIpc) is 3.79. The van der Waals surface area contributed by atoms with Crippen LogP contribution in [0.3, 0.4) is 0 Å². The minimum atomic E-state index is -0.141. The molecule has 0 atom stereocenters. The maximum atomic E-state index is 6.75. The molecule has 0 unspecified atom stereocenters. The zero-order chi connectivity index (χ0) is 48.7. The molecule has 0 bridgehead atoms. The molecular formula is C65H59BN2O3. The van der Waals surface area contributed by atoms with Gasteiger partial charge >= 0.3 is 0 Å². The molecule has 0 saturated heterocycles. The number of hydrogen-bond acceptors (Lipinski definition) is 5. The summed E-state index contributed by atoms with van der Waals surface area (Å²) in [6.07, 6.45) is 0.836. The number of fused-ring (bicyclic) bond motifs is 9. The Hall–Kier alpha value is -7.44. The molecule has 1 aromatic heterocycles. The molecule has 6 heteroatoms. The third-order valence-electron chi connectivity index (χ3n) is 15.7. The summed E-state index contributed by atoms with van der Waals surface area (Å²) in [4.78, 5) is 5.03. The average molecular weight is 927 g/mol. The fraction of sp³-hybridized carbons (Fsp3) is 0.231. The lowest BCUT2D eigenvalue weighted by Crippen LogP contribution is -2.61. The SMILES string of the molecule is Cc1cc2c3c(c1)N(c1ccc(C(C)(C)C)cc1)c1cc4c(cc1B3c1cc(C(C)(C)C)ccc1N2c1cc(-c2ccc3c(c2)C(C)(C)c2ccccc2-3)cc(-c2cc3ccccc3o2)c1)OCCCO4. The van der Waals surface area contributed by atoms with E-state index < -0.39 is 0 Å². The van der Waals surface area contributed by atoms with Crippen molar-refractivity contribution in [3.63, 3.8) is 0 Å². The van der Waals surface area contributed by atoms with Crippen molar-refractivity contribution < 1.29 is 13.9 Å². The highest BCUT2D eigenvalue weighted by Crippen LogP contribution is 2.52. The van der Waals surface area contributed by atoms with Crippen molar-refractivity contribution in [3.8, 4) is 45.1 Å². The molecule has 4 aliphatic rings. The first-order chi connectivity index (χ1) is 34.1. The van der Waals surface area contributed by atoms with Crippen molar-refractivity contribution in [2.45, 2.75) is 85.0 Å². The van der Waals surface area contributed by atoms with Gasteiger partial charge in [-0.2, -0.15) is 0 Å². The fourth-order valence-corrected chi connectivity index (χ4v) is 12.0. The molecule has 350 valence electrons. The number of benzene rings is 8. The highest BCUT2D eigenvalue weighted by Gasteiger charge is 2.45. The number of rotatable bonds is 4. The Morgan fingerprint density at radius 1 is 0.507 bits per heavy atom. The molecule has 0 saturated carbocycles. The van der Waals surface area contributed by atoms with E-state index in [2.05, 4.69) is 224 Å². The number of ether oxygens (including phenoxy) is 2. The summed E-state index contributed by atoms with van der Waals surface area (Å²) in [5.41, 5.74) is 23.6. The molecule has 71 heavy (non-hydrogen) atoms. The lowest BCUT2D eigenvalue weighted by molar-refractivity contribution is 0.297. The highest BCUT2D eigenvalue weighted by molar-refractivity contribution is 7.00. The van der Waals surface area contributed by atoms with Crippen LogP contribution < -0.4 is 35.7 Å². The van der Waals surface area contributed by atoms with Crippen LogP contribution in [0.15, 0.2) is 162 Å². The summed E-state index contributed by atoms with van der Waals surface area (Å²) in [7, 11) is 0. The second-order valence-electron chi connectivity index (χ2n) is 22.9. The van der Waals surface area contributed by atoms with Crippen LogP contribution in [0, 0.1) is 6.92 Å². The molecular weight excluding hydrogens is 868 g/mol. The Labute approximate surface area is 418 Å². The highest BCUT2D eigenvalue weighted by atomic mass is 16.5. The van der Waals surface area contributed by atoms with Crippen molar-refractivity contribution >= 4 is 68.2 Å². The van der Waals surface area contributed by atoms with Crippen LogP contribution in [-0.2, 0) is 16.2 Å². The van der Waals surface area contributed by atoms with Crippen LogP contribution in [0.2, 0.25) is 0 Å². The summed E-state index contributed by atoms with van der Waals surface area (Å²) >= 11 is 0. The lowest BCUT2D eigenvalue weighted by Gasteiger charge is -2.45. The largest absolute Gasteiger partial charge is 0.490 e. The van der Waals surface area contributed by atoms with Crippen LogP contribution in [0.5, 0.6) is 11.5 Å². The van der Waals surface area contributed by atoms with Gasteiger partial charge in [0.15, 0.2) is 11.5 Å². The normalized spacial score (nSPS) is 15.2. The van der Waals surface area contributed by atoms with Gasteiger partial charge in [0.1, 0.15) is 11.3 Å². The maximum absolute atomic E-state index is 6.75. The van der Waals surface area contributed by atoms with Crippen LogP contribution >= 0.6 is 0 Å². The van der Waals surface area contributed by atoms with Gasteiger partial charge in [0.25, 0.3) is 6.71 Å². The molecule has 0 spiro atoms. The number of para-hydroxylation sites is 1.